The maximum atomic E-state index is 4.39. The van der Waals surface area contributed by atoms with Crippen LogP contribution in [0.1, 0.15) is 19.4 Å². The fourth-order valence-electron chi connectivity index (χ4n) is 1.36. The molecule has 4 heteroatoms. The number of hydrogen-bond donors (Lipinski definition) is 1. The van der Waals surface area contributed by atoms with Gasteiger partial charge in [-0.3, -0.25) is 0 Å². The minimum absolute atomic E-state index is 0.354. The molecule has 0 atom stereocenters. The van der Waals surface area contributed by atoms with Crippen LogP contribution in [-0.2, 0) is 0 Å². The predicted molar refractivity (Wildman–Crippen MR) is 56.5 cm³/mol. The van der Waals surface area contributed by atoms with E-state index in [1.54, 1.807) is 4.52 Å². The van der Waals surface area contributed by atoms with Gasteiger partial charge in [0.25, 0.3) is 0 Å². The lowest BCUT2D eigenvalue weighted by Crippen LogP contribution is -2.10. The molecule has 2 heterocycles. The molecule has 0 aliphatic heterocycles. The van der Waals surface area contributed by atoms with Gasteiger partial charge in [0.15, 0.2) is 5.65 Å². The fraction of sp³-hybridized carbons (Fsp3) is 0.400. The van der Waals surface area contributed by atoms with Gasteiger partial charge in [-0.25, -0.2) is 4.52 Å². The van der Waals surface area contributed by atoms with E-state index in [9.17, 15) is 0 Å². The largest absolute Gasteiger partial charge is 0.351 e. The second kappa shape index (κ2) is 3.29. The van der Waals surface area contributed by atoms with E-state index in [1.165, 1.54) is 0 Å². The Labute approximate surface area is 83.0 Å². The number of anilines is 1. The molecule has 0 radical (unpaired) electrons. The van der Waals surface area contributed by atoms with Crippen LogP contribution < -0.4 is 5.32 Å². The van der Waals surface area contributed by atoms with Crippen LogP contribution in [-0.4, -0.2) is 20.6 Å². The Balaban J connectivity index is 2.46. The minimum atomic E-state index is 0.354. The van der Waals surface area contributed by atoms with Crippen LogP contribution in [0.4, 0.5) is 5.95 Å². The van der Waals surface area contributed by atoms with E-state index in [-0.39, 0.29) is 0 Å². The molecule has 0 spiro atoms. The highest BCUT2D eigenvalue weighted by atomic mass is 15.3. The fourth-order valence-corrected chi connectivity index (χ4v) is 1.36. The zero-order valence-electron chi connectivity index (χ0n) is 8.65. The maximum absolute atomic E-state index is 4.39. The first-order chi connectivity index (χ1) is 6.66. The summed E-state index contributed by atoms with van der Waals surface area (Å²) in [5.74, 6) is 0.689. The normalized spacial score (nSPS) is 11.1. The van der Waals surface area contributed by atoms with Crippen molar-refractivity contribution in [2.45, 2.75) is 26.8 Å². The lowest BCUT2D eigenvalue weighted by Gasteiger charge is -2.02. The minimum Gasteiger partial charge on any atom is -0.351 e. The summed E-state index contributed by atoms with van der Waals surface area (Å²) in [5, 5.41) is 7.49. The van der Waals surface area contributed by atoms with E-state index in [1.807, 2.05) is 25.3 Å². The second-order valence-corrected chi connectivity index (χ2v) is 3.69. The highest BCUT2D eigenvalue weighted by Crippen LogP contribution is 2.10. The number of hydrogen-bond acceptors (Lipinski definition) is 3. The van der Waals surface area contributed by atoms with Crippen LogP contribution in [0, 0.1) is 6.92 Å². The standard InChI is InChI=1S/C10H14N4/c1-7(2)11-10-12-9-8(3)5-4-6-14(9)13-10/h4-7H,1-3H3,(H,11,13). The van der Waals surface area contributed by atoms with Crippen LogP contribution in [0.3, 0.4) is 0 Å². The molecule has 0 aliphatic rings. The molecule has 2 aromatic heterocycles. The van der Waals surface area contributed by atoms with Crippen molar-refractivity contribution < 1.29 is 0 Å². The quantitative estimate of drug-likeness (QED) is 0.786. The molecule has 0 saturated heterocycles. The number of pyridine rings is 1. The summed E-state index contributed by atoms with van der Waals surface area (Å²) in [6.45, 7) is 6.17. The van der Waals surface area contributed by atoms with Crippen LogP contribution in [0.15, 0.2) is 18.3 Å². The molecule has 1 N–H and O–H groups in total. The van der Waals surface area contributed by atoms with Crippen LogP contribution in [0.25, 0.3) is 5.65 Å². The molecule has 0 saturated carbocycles. The van der Waals surface area contributed by atoms with Gasteiger partial charge >= 0.3 is 0 Å². The van der Waals surface area contributed by atoms with Crippen LogP contribution >= 0.6 is 0 Å². The lowest BCUT2D eigenvalue weighted by molar-refractivity contribution is 0.864. The molecule has 0 amide bonds. The van der Waals surface area contributed by atoms with E-state index >= 15 is 0 Å². The van der Waals surface area contributed by atoms with Gasteiger partial charge in [-0.1, -0.05) is 6.07 Å². The number of aryl methyl sites for hydroxylation is 1. The summed E-state index contributed by atoms with van der Waals surface area (Å²) in [6, 6.07) is 4.35. The third kappa shape index (κ3) is 1.55. The summed E-state index contributed by atoms with van der Waals surface area (Å²) in [7, 11) is 0. The molecule has 0 aromatic carbocycles. The number of nitrogens with one attached hydrogen (secondary N) is 1. The number of aromatic nitrogens is 3. The molecule has 0 bridgehead atoms. The maximum Gasteiger partial charge on any atom is 0.243 e. The van der Waals surface area contributed by atoms with Crippen molar-refractivity contribution in [3.8, 4) is 0 Å². The molecule has 2 rings (SSSR count). The summed E-state index contributed by atoms with van der Waals surface area (Å²) in [4.78, 5) is 4.39. The van der Waals surface area contributed by atoms with Gasteiger partial charge in [0, 0.05) is 12.2 Å². The molecule has 4 nitrogen and oxygen atoms in total. The monoisotopic (exact) mass is 190 g/mol. The molecule has 2 aromatic rings. The number of fused-ring (bicyclic) bond motifs is 1. The van der Waals surface area contributed by atoms with Crippen molar-refractivity contribution in [3.63, 3.8) is 0 Å². The third-order valence-electron chi connectivity index (χ3n) is 1.98. The van der Waals surface area contributed by atoms with Crippen molar-refractivity contribution >= 4 is 11.6 Å². The average molecular weight is 190 g/mol. The Bertz CT molecular complexity index is 444. The predicted octanol–water partition coefficient (Wildman–Crippen LogP) is 1.86. The lowest BCUT2D eigenvalue weighted by atomic mass is 10.3. The zero-order chi connectivity index (χ0) is 10.1. The van der Waals surface area contributed by atoms with Crippen LogP contribution in [0.5, 0.6) is 0 Å². The Morgan fingerprint density at radius 2 is 2.21 bits per heavy atom. The topological polar surface area (TPSA) is 42.2 Å². The van der Waals surface area contributed by atoms with Crippen LogP contribution in [0.2, 0.25) is 0 Å². The molecule has 0 fully saturated rings. The SMILES string of the molecule is Cc1cccn2nc(NC(C)C)nc12. The van der Waals surface area contributed by atoms with Gasteiger partial charge in [-0.05, 0) is 32.4 Å². The third-order valence-corrected chi connectivity index (χ3v) is 1.98. The van der Waals surface area contributed by atoms with E-state index in [2.05, 4.69) is 29.2 Å². The van der Waals surface area contributed by atoms with Crippen molar-refractivity contribution in [1.29, 1.82) is 0 Å². The van der Waals surface area contributed by atoms with Crippen molar-refractivity contribution in [3.05, 3.63) is 23.9 Å². The molecule has 74 valence electrons. The van der Waals surface area contributed by atoms with Gasteiger partial charge in [-0.15, -0.1) is 5.10 Å². The summed E-state index contributed by atoms with van der Waals surface area (Å²) >= 11 is 0. The van der Waals surface area contributed by atoms with Gasteiger partial charge in [0.2, 0.25) is 5.95 Å². The van der Waals surface area contributed by atoms with E-state index in [0.717, 1.165) is 11.2 Å². The Morgan fingerprint density at radius 3 is 2.86 bits per heavy atom. The molecule has 0 aliphatic carbocycles. The highest BCUT2D eigenvalue weighted by molar-refractivity contribution is 5.49. The second-order valence-electron chi connectivity index (χ2n) is 3.69. The average Bonchev–Trinajstić information content (AvgIpc) is 2.47. The first kappa shape index (κ1) is 8.99. The first-order valence-corrected chi connectivity index (χ1v) is 4.75. The molecule has 0 unspecified atom stereocenters. The molecular weight excluding hydrogens is 176 g/mol. The Hall–Kier alpha value is -1.58. The van der Waals surface area contributed by atoms with Gasteiger partial charge in [0.1, 0.15) is 0 Å². The first-order valence-electron chi connectivity index (χ1n) is 4.75. The van der Waals surface area contributed by atoms with Gasteiger partial charge in [-0.2, -0.15) is 4.98 Å². The van der Waals surface area contributed by atoms with Crippen molar-refractivity contribution in [2.24, 2.45) is 0 Å². The van der Waals surface area contributed by atoms with Gasteiger partial charge in [0.05, 0.1) is 0 Å². The van der Waals surface area contributed by atoms with Crippen molar-refractivity contribution in [1.82, 2.24) is 14.6 Å². The smallest absolute Gasteiger partial charge is 0.243 e. The molecule has 14 heavy (non-hydrogen) atoms. The molecular formula is C10H14N4. The van der Waals surface area contributed by atoms with E-state index < -0.39 is 0 Å². The summed E-state index contributed by atoms with van der Waals surface area (Å²) < 4.78 is 1.79. The summed E-state index contributed by atoms with van der Waals surface area (Å²) in [6.07, 6.45) is 1.90. The summed E-state index contributed by atoms with van der Waals surface area (Å²) in [5.41, 5.74) is 2.05. The highest BCUT2D eigenvalue weighted by Gasteiger charge is 2.05. The van der Waals surface area contributed by atoms with E-state index in [0.29, 0.717) is 12.0 Å². The van der Waals surface area contributed by atoms with Gasteiger partial charge < -0.3 is 5.32 Å². The number of nitrogens with zero attached hydrogens (tertiary/aromatic N) is 3. The van der Waals surface area contributed by atoms with Crippen molar-refractivity contribution in [2.75, 3.05) is 5.32 Å². The Morgan fingerprint density at radius 1 is 1.43 bits per heavy atom. The van der Waals surface area contributed by atoms with E-state index in [4.69, 9.17) is 0 Å². The zero-order valence-corrected chi connectivity index (χ0v) is 8.65. The Kier molecular flexibility index (Phi) is 2.11. The number of rotatable bonds is 2.